The number of nitrogens with one attached hydrogen (secondary N) is 2. The third kappa shape index (κ3) is 3.45. The Bertz CT molecular complexity index is 1430. The average molecular weight is 407 g/mol. The van der Waals surface area contributed by atoms with Crippen LogP contribution < -0.4 is 5.32 Å². The lowest BCUT2D eigenvalue weighted by Crippen LogP contribution is -1.95. The summed E-state index contributed by atoms with van der Waals surface area (Å²) in [6, 6.07) is 20.9. The van der Waals surface area contributed by atoms with E-state index in [1.165, 1.54) is 5.56 Å². The molecule has 5 aromatic rings. The molecule has 0 aliphatic heterocycles. The maximum absolute atomic E-state index is 9.63. The Morgan fingerprint density at radius 3 is 2.77 bits per heavy atom. The number of pyridine rings is 1. The van der Waals surface area contributed by atoms with Gasteiger partial charge in [-0.25, -0.2) is 4.98 Å². The lowest BCUT2D eigenvalue weighted by atomic mass is 10.1. The molecule has 0 saturated heterocycles. The zero-order chi connectivity index (χ0) is 20.5. The summed E-state index contributed by atoms with van der Waals surface area (Å²) in [7, 11) is 0. The summed E-state index contributed by atoms with van der Waals surface area (Å²) in [5, 5.41) is 15.2. The van der Waals surface area contributed by atoms with Crippen LogP contribution in [-0.2, 0) is 0 Å². The van der Waals surface area contributed by atoms with Gasteiger partial charge >= 0.3 is 0 Å². The maximum Gasteiger partial charge on any atom is 0.125 e. The molecule has 0 spiro atoms. The van der Waals surface area contributed by atoms with E-state index in [0.717, 1.165) is 42.9 Å². The van der Waals surface area contributed by atoms with Crippen LogP contribution in [0.25, 0.3) is 33.3 Å². The van der Waals surface area contributed by atoms with E-state index in [1.54, 1.807) is 17.5 Å². The lowest BCUT2D eigenvalue weighted by Gasteiger charge is -2.09. The second-order valence-corrected chi connectivity index (χ2v) is 8.24. The molecule has 5 heteroatoms. The largest absolute Gasteiger partial charge is 0.361 e. The van der Waals surface area contributed by atoms with E-state index < -0.39 is 0 Å². The molecule has 0 bridgehead atoms. The Balaban J connectivity index is 1.53. The van der Waals surface area contributed by atoms with Gasteiger partial charge in [0.05, 0.1) is 11.3 Å². The van der Waals surface area contributed by atoms with Crippen molar-refractivity contribution in [3.05, 3.63) is 88.6 Å². The van der Waals surface area contributed by atoms with Gasteiger partial charge in [0.1, 0.15) is 10.9 Å². The number of aromatic amines is 1. The molecule has 0 radical (unpaired) electrons. The van der Waals surface area contributed by atoms with Crippen molar-refractivity contribution < 1.29 is 0 Å². The highest BCUT2D eigenvalue weighted by molar-refractivity contribution is 7.19. The molecule has 5 rings (SSSR count). The Labute approximate surface area is 178 Å². The van der Waals surface area contributed by atoms with Gasteiger partial charge in [-0.15, -0.1) is 11.3 Å². The number of hydrogen-bond acceptors (Lipinski definition) is 4. The van der Waals surface area contributed by atoms with E-state index in [2.05, 4.69) is 76.8 Å². The van der Waals surface area contributed by atoms with Crippen LogP contribution in [-0.4, -0.2) is 9.97 Å². The minimum atomic E-state index is 0.531. The Morgan fingerprint density at radius 1 is 1.07 bits per heavy atom. The first kappa shape index (κ1) is 18.2. The SMILES string of the molecule is Cc1ccc(/C=C/c2cc3c(Nc4ccc5[nH]ccc5c4)c(C#N)cnc3s2)cc1. The molecule has 2 N–H and O–H groups in total. The number of anilines is 2. The van der Waals surface area contributed by atoms with Gasteiger partial charge in [0.2, 0.25) is 0 Å². The number of rotatable bonds is 4. The number of H-pyrrole nitrogens is 1. The summed E-state index contributed by atoms with van der Waals surface area (Å²) in [5.74, 6) is 0. The second-order valence-electron chi connectivity index (χ2n) is 7.17. The highest BCUT2D eigenvalue weighted by atomic mass is 32.1. The summed E-state index contributed by atoms with van der Waals surface area (Å²) in [4.78, 5) is 9.70. The van der Waals surface area contributed by atoms with E-state index in [1.807, 2.05) is 24.4 Å². The normalized spacial score (nSPS) is 11.3. The van der Waals surface area contributed by atoms with Gasteiger partial charge in [0, 0.05) is 39.2 Å². The van der Waals surface area contributed by atoms with Crippen molar-refractivity contribution in [2.45, 2.75) is 6.92 Å². The average Bonchev–Trinajstić information content (AvgIpc) is 3.40. The fraction of sp³-hybridized carbons (Fsp3) is 0.0400. The fourth-order valence-corrected chi connectivity index (χ4v) is 4.35. The van der Waals surface area contributed by atoms with E-state index >= 15 is 0 Å². The second kappa shape index (κ2) is 7.51. The monoisotopic (exact) mass is 406 g/mol. The lowest BCUT2D eigenvalue weighted by molar-refractivity contribution is 1.38. The maximum atomic E-state index is 9.63. The van der Waals surface area contributed by atoms with Gasteiger partial charge in [-0.05, 0) is 48.9 Å². The first-order chi connectivity index (χ1) is 14.7. The molecule has 144 valence electrons. The zero-order valence-corrected chi connectivity index (χ0v) is 17.1. The van der Waals surface area contributed by atoms with Crippen molar-refractivity contribution in [2.75, 3.05) is 5.32 Å². The van der Waals surface area contributed by atoms with Gasteiger partial charge in [-0.1, -0.05) is 35.9 Å². The van der Waals surface area contributed by atoms with Crippen LogP contribution in [0.3, 0.4) is 0 Å². The quantitative estimate of drug-likeness (QED) is 0.342. The van der Waals surface area contributed by atoms with Crippen molar-refractivity contribution >= 4 is 56.0 Å². The molecular weight excluding hydrogens is 388 g/mol. The molecular formula is C25H18N4S. The first-order valence-electron chi connectivity index (χ1n) is 9.61. The number of hydrogen-bond donors (Lipinski definition) is 2. The van der Waals surface area contributed by atoms with E-state index in [-0.39, 0.29) is 0 Å². The smallest absolute Gasteiger partial charge is 0.125 e. The summed E-state index contributed by atoms with van der Waals surface area (Å²) in [5.41, 5.74) is 5.75. The molecule has 0 amide bonds. The third-order valence-electron chi connectivity index (χ3n) is 5.04. The summed E-state index contributed by atoms with van der Waals surface area (Å²) in [6.07, 6.45) is 7.76. The van der Waals surface area contributed by atoms with Crippen LogP contribution in [0.2, 0.25) is 0 Å². The summed E-state index contributed by atoms with van der Waals surface area (Å²) in [6.45, 7) is 2.08. The number of nitrogens with zero attached hydrogens (tertiary/aromatic N) is 2. The molecule has 0 atom stereocenters. The molecule has 0 aliphatic carbocycles. The van der Waals surface area contributed by atoms with Crippen molar-refractivity contribution in [1.29, 1.82) is 5.26 Å². The van der Waals surface area contributed by atoms with Crippen LogP contribution >= 0.6 is 11.3 Å². The molecule has 0 fully saturated rings. The predicted octanol–water partition coefficient (Wildman–Crippen LogP) is 6.87. The summed E-state index contributed by atoms with van der Waals surface area (Å²) < 4.78 is 0. The van der Waals surface area contributed by atoms with Gasteiger partial charge in [-0.3, -0.25) is 0 Å². The van der Waals surface area contributed by atoms with Crippen molar-refractivity contribution in [1.82, 2.24) is 9.97 Å². The summed E-state index contributed by atoms with van der Waals surface area (Å²) >= 11 is 1.62. The zero-order valence-electron chi connectivity index (χ0n) is 16.3. The first-order valence-corrected chi connectivity index (χ1v) is 10.4. The van der Waals surface area contributed by atoms with Crippen molar-refractivity contribution in [3.8, 4) is 6.07 Å². The minimum absolute atomic E-state index is 0.531. The highest BCUT2D eigenvalue weighted by Gasteiger charge is 2.12. The van der Waals surface area contributed by atoms with Crippen molar-refractivity contribution in [2.24, 2.45) is 0 Å². The standard InChI is InChI=1S/C25H18N4S/c1-16-2-4-17(5-3-16)6-8-21-13-22-24(19(14-26)15-28-25(22)30-21)29-20-7-9-23-18(12-20)10-11-27-23/h2-13,15,27H,1H3,(H,28,29)/b8-6+. The fourth-order valence-electron chi connectivity index (χ4n) is 3.44. The van der Waals surface area contributed by atoms with Crippen LogP contribution in [0.15, 0.2) is 67.0 Å². The van der Waals surface area contributed by atoms with Crippen molar-refractivity contribution in [3.63, 3.8) is 0 Å². The molecule has 0 unspecified atom stereocenters. The highest BCUT2D eigenvalue weighted by Crippen LogP contribution is 2.35. The number of fused-ring (bicyclic) bond motifs is 2. The topological polar surface area (TPSA) is 64.5 Å². The van der Waals surface area contributed by atoms with Crippen LogP contribution in [0.5, 0.6) is 0 Å². The van der Waals surface area contributed by atoms with E-state index in [4.69, 9.17) is 0 Å². The minimum Gasteiger partial charge on any atom is -0.361 e. The van der Waals surface area contributed by atoms with Crippen LogP contribution in [0, 0.1) is 18.3 Å². The Hall–Kier alpha value is -3.88. The molecule has 0 aliphatic rings. The van der Waals surface area contributed by atoms with E-state index in [9.17, 15) is 5.26 Å². The van der Waals surface area contributed by atoms with Gasteiger partial charge < -0.3 is 10.3 Å². The van der Waals surface area contributed by atoms with E-state index in [0.29, 0.717) is 5.56 Å². The molecule has 30 heavy (non-hydrogen) atoms. The number of nitriles is 1. The number of benzene rings is 2. The Kier molecular flexibility index (Phi) is 4.55. The third-order valence-corrected chi connectivity index (χ3v) is 6.05. The molecule has 3 heterocycles. The number of thiophene rings is 1. The van der Waals surface area contributed by atoms with Crippen LogP contribution in [0.4, 0.5) is 11.4 Å². The molecule has 2 aromatic carbocycles. The molecule has 3 aromatic heterocycles. The predicted molar refractivity (Wildman–Crippen MR) is 126 cm³/mol. The number of aromatic nitrogens is 2. The number of aryl methyl sites for hydroxylation is 1. The van der Waals surface area contributed by atoms with Gasteiger partial charge in [0.15, 0.2) is 0 Å². The van der Waals surface area contributed by atoms with Gasteiger partial charge in [0.25, 0.3) is 0 Å². The van der Waals surface area contributed by atoms with Gasteiger partial charge in [-0.2, -0.15) is 5.26 Å². The molecule has 0 saturated carbocycles. The van der Waals surface area contributed by atoms with Crippen LogP contribution in [0.1, 0.15) is 21.6 Å². The molecule has 4 nitrogen and oxygen atoms in total. The Morgan fingerprint density at radius 2 is 1.93 bits per heavy atom.